The molecule has 0 saturated heterocycles. The Morgan fingerprint density at radius 2 is 1.93 bits per heavy atom. The Labute approximate surface area is 165 Å². The largest absolute Gasteiger partial charge is 0.349 e. The van der Waals surface area contributed by atoms with Gasteiger partial charge >= 0.3 is 0 Å². The van der Waals surface area contributed by atoms with Crippen LogP contribution in [-0.4, -0.2) is 21.4 Å². The summed E-state index contributed by atoms with van der Waals surface area (Å²) < 4.78 is 1.83. The van der Waals surface area contributed by atoms with Gasteiger partial charge in [0.25, 0.3) is 0 Å². The zero-order chi connectivity index (χ0) is 19.2. The molecule has 0 radical (unpaired) electrons. The molecule has 0 saturated carbocycles. The van der Waals surface area contributed by atoms with Crippen molar-refractivity contribution in [1.82, 2.24) is 15.1 Å². The molecule has 1 heterocycles. The van der Waals surface area contributed by atoms with Crippen LogP contribution in [0.3, 0.4) is 0 Å². The summed E-state index contributed by atoms with van der Waals surface area (Å²) in [6, 6.07) is 16.5. The first-order valence-corrected chi connectivity index (χ1v) is 10.2. The highest BCUT2D eigenvalue weighted by atomic mass is 32.2. The van der Waals surface area contributed by atoms with E-state index < -0.39 is 0 Å². The number of aryl methyl sites for hydroxylation is 2. The highest BCUT2D eigenvalue weighted by molar-refractivity contribution is 7.99. The lowest BCUT2D eigenvalue weighted by Gasteiger charge is -2.15. The molecule has 0 aliphatic heterocycles. The van der Waals surface area contributed by atoms with E-state index >= 15 is 0 Å². The predicted octanol–water partition coefficient (Wildman–Crippen LogP) is 4.60. The van der Waals surface area contributed by atoms with E-state index in [0.717, 1.165) is 17.0 Å². The number of carbonyl (C=O) groups is 1. The van der Waals surface area contributed by atoms with Gasteiger partial charge in [-0.05, 0) is 61.2 Å². The van der Waals surface area contributed by atoms with Crippen molar-refractivity contribution in [3.8, 4) is 5.69 Å². The predicted molar refractivity (Wildman–Crippen MR) is 112 cm³/mol. The third-order valence-electron chi connectivity index (χ3n) is 4.62. The van der Waals surface area contributed by atoms with Gasteiger partial charge in [-0.2, -0.15) is 5.10 Å². The second-order valence-electron chi connectivity index (χ2n) is 6.74. The number of benzene rings is 2. The van der Waals surface area contributed by atoms with Gasteiger partial charge in [0.1, 0.15) is 0 Å². The van der Waals surface area contributed by atoms with Crippen LogP contribution in [-0.2, 0) is 10.5 Å². The first kappa shape index (κ1) is 19.2. The maximum Gasteiger partial charge on any atom is 0.230 e. The molecule has 3 rings (SSSR count). The average molecular weight is 380 g/mol. The second kappa shape index (κ2) is 8.91. The summed E-state index contributed by atoms with van der Waals surface area (Å²) in [6.07, 6.45) is 3.69. The highest BCUT2D eigenvalue weighted by Gasteiger charge is 2.10. The highest BCUT2D eigenvalue weighted by Crippen LogP contribution is 2.18. The molecular formula is C22H25N3OS. The van der Waals surface area contributed by atoms with E-state index in [1.807, 2.05) is 36.0 Å². The van der Waals surface area contributed by atoms with E-state index in [0.29, 0.717) is 5.75 Å². The Bertz CT molecular complexity index is 888. The molecule has 27 heavy (non-hydrogen) atoms. The molecule has 4 nitrogen and oxygen atoms in total. The first-order chi connectivity index (χ1) is 13.0. The van der Waals surface area contributed by atoms with Crippen molar-refractivity contribution in [3.05, 3.63) is 83.2 Å². The SMILES string of the molecule is Cc1ccc([C@@H](C)NC(=O)CSCc2ccc(-n3cccn3)cc2)cc1C. The molecule has 1 amide bonds. The molecule has 1 N–H and O–H groups in total. The number of aromatic nitrogens is 2. The lowest BCUT2D eigenvalue weighted by molar-refractivity contribution is -0.119. The lowest BCUT2D eigenvalue weighted by atomic mass is 10.0. The summed E-state index contributed by atoms with van der Waals surface area (Å²) in [5.74, 6) is 1.33. The van der Waals surface area contributed by atoms with Crippen molar-refractivity contribution in [3.63, 3.8) is 0 Å². The van der Waals surface area contributed by atoms with Crippen molar-refractivity contribution in [1.29, 1.82) is 0 Å². The summed E-state index contributed by atoms with van der Waals surface area (Å²) >= 11 is 1.63. The van der Waals surface area contributed by atoms with E-state index in [1.54, 1.807) is 18.0 Å². The van der Waals surface area contributed by atoms with Gasteiger partial charge in [0.15, 0.2) is 0 Å². The average Bonchev–Trinajstić information content (AvgIpc) is 3.19. The van der Waals surface area contributed by atoms with Crippen LogP contribution in [0.4, 0.5) is 0 Å². The Hall–Kier alpha value is -2.53. The quantitative estimate of drug-likeness (QED) is 0.653. The zero-order valence-electron chi connectivity index (χ0n) is 16.0. The Morgan fingerprint density at radius 3 is 2.59 bits per heavy atom. The minimum absolute atomic E-state index is 0.0192. The van der Waals surface area contributed by atoms with Crippen molar-refractivity contribution < 1.29 is 4.79 Å². The van der Waals surface area contributed by atoms with Crippen molar-refractivity contribution in [2.24, 2.45) is 0 Å². The summed E-state index contributed by atoms with van der Waals surface area (Å²) in [6.45, 7) is 6.22. The van der Waals surface area contributed by atoms with Gasteiger partial charge in [0.2, 0.25) is 5.91 Å². The molecule has 3 aromatic rings. The van der Waals surface area contributed by atoms with E-state index in [2.05, 4.69) is 54.6 Å². The lowest BCUT2D eigenvalue weighted by Crippen LogP contribution is -2.28. The zero-order valence-corrected chi connectivity index (χ0v) is 16.8. The van der Waals surface area contributed by atoms with Crippen LogP contribution < -0.4 is 5.32 Å². The van der Waals surface area contributed by atoms with Gasteiger partial charge < -0.3 is 5.32 Å². The molecule has 0 spiro atoms. The Balaban J connectivity index is 1.45. The molecule has 5 heteroatoms. The molecule has 0 unspecified atom stereocenters. The second-order valence-corrected chi connectivity index (χ2v) is 7.73. The molecular weight excluding hydrogens is 354 g/mol. The van der Waals surface area contributed by atoms with Crippen LogP contribution in [0.2, 0.25) is 0 Å². The van der Waals surface area contributed by atoms with E-state index in [1.165, 1.54) is 16.7 Å². The Kier molecular flexibility index (Phi) is 6.35. The third kappa shape index (κ3) is 5.23. The van der Waals surface area contributed by atoms with Gasteiger partial charge in [-0.25, -0.2) is 4.68 Å². The minimum Gasteiger partial charge on any atom is -0.349 e. The van der Waals surface area contributed by atoms with Crippen molar-refractivity contribution >= 4 is 17.7 Å². The maximum atomic E-state index is 12.2. The summed E-state index contributed by atoms with van der Waals surface area (Å²) in [4.78, 5) is 12.2. The topological polar surface area (TPSA) is 46.9 Å². The number of hydrogen-bond donors (Lipinski definition) is 1. The Morgan fingerprint density at radius 1 is 1.15 bits per heavy atom. The molecule has 0 aliphatic carbocycles. The fraction of sp³-hybridized carbons (Fsp3) is 0.273. The molecule has 0 bridgehead atoms. The number of hydrogen-bond acceptors (Lipinski definition) is 3. The van der Waals surface area contributed by atoms with E-state index in [4.69, 9.17) is 0 Å². The number of rotatable bonds is 7. The summed E-state index contributed by atoms with van der Waals surface area (Å²) in [7, 11) is 0. The smallest absolute Gasteiger partial charge is 0.230 e. The van der Waals surface area contributed by atoms with Gasteiger partial charge in [0, 0.05) is 18.1 Å². The van der Waals surface area contributed by atoms with Crippen LogP contribution in [0.1, 0.15) is 35.2 Å². The number of carbonyl (C=O) groups excluding carboxylic acids is 1. The van der Waals surface area contributed by atoms with Gasteiger partial charge in [-0.15, -0.1) is 11.8 Å². The fourth-order valence-corrected chi connectivity index (χ4v) is 3.63. The van der Waals surface area contributed by atoms with Crippen LogP contribution >= 0.6 is 11.8 Å². The first-order valence-electron chi connectivity index (χ1n) is 9.06. The van der Waals surface area contributed by atoms with Gasteiger partial charge in [0.05, 0.1) is 17.5 Å². The standard InChI is InChI=1S/C22H25N3OS/c1-16-5-8-20(13-17(16)2)18(3)24-22(26)15-27-14-19-6-9-21(10-7-19)25-12-4-11-23-25/h4-13,18H,14-15H2,1-3H3,(H,24,26)/t18-/m1/s1. The molecule has 140 valence electrons. The number of nitrogens with zero attached hydrogens (tertiary/aromatic N) is 2. The van der Waals surface area contributed by atoms with E-state index in [-0.39, 0.29) is 11.9 Å². The van der Waals surface area contributed by atoms with Crippen LogP contribution in [0.25, 0.3) is 5.69 Å². The molecule has 1 atom stereocenters. The monoisotopic (exact) mass is 379 g/mol. The molecule has 0 aliphatic rings. The minimum atomic E-state index is 0.0192. The van der Waals surface area contributed by atoms with Crippen LogP contribution in [0.15, 0.2) is 60.9 Å². The fourth-order valence-electron chi connectivity index (χ4n) is 2.83. The van der Waals surface area contributed by atoms with Gasteiger partial charge in [-0.3, -0.25) is 4.79 Å². The third-order valence-corrected chi connectivity index (χ3v) is 5.62. The number of amides is 1. The van der Waals surface area contributed by atoms with Crippen molar-refractivity contribution in [2.75, 3.05) is 5.75 Å². The van der Waals surface area contributed by atoms with Crippen LogP contribution in [0, 0.1) is 13.8 Å². The summed E-state index contributed by atoms with van der Waals surface area (Å²) in [5, 5.41) is 7.31. The van der Waals surface area contributed by atoms with Gasteiger partial charge in [-0.1, -0.05) is 30.3 Å². The maximum absolute atomic E-state index is 12.2. The number of thioether (sulfide) groups is 1. The molecule has 2 aromatic carbocycles. The summed E-state index contributed by atoms with van der Waals surface area (Å²) in [5.41, 5.74) is 5.90. The van der Waals surface area contributed by atoms with E-state index in [9.17, 15) is 4.79 Å². The van der Waals surface area contributed by atoms with Crippen molar-refractivity contribution in [2.45, 2.75) is 32.6 Å². The number of nitrogens with one attached hydrogen (secondary N) is 1. The molecule has 1 aromatic heterocycles. The molecule has 0 fully saturated rings. The van der Waals surface area contributed by atoms with Crippen LogP contribution in [0.5, 0.6) is 0 Å². The normalized spacial score (nSPS) is 12.0.